The Hall–Kier alpha value is -1.75. The summed E-state index contributed by atoms with van der Waals surface area (Å²) < 4.78 is 10.6. The molecule has 5 heteroatoms. The predicted molar refractivity (Wildman–Crippen MR) is 77.5 cm³/mol. The molecule has 1 aliphatic rings. The van der Waals surface area contributed by atoms with Crippen LogP contribution in [0.4, 0.5) is 0 Å². The van der Waals surface area contributed by atoms with Crippen molar-refractivity contribution in [1.29, 1.82) is 0 Å². The molecule has 1 heterocycles. The van der Waals surface area contributed by atoms with Crippen LogP contribution in [0.15, 0.2) is 18.2 Å². The minimum Gasteiger partial charge on any atom is -0.496 e. The van der Waals surface area contributed by atoms with Gasteiger partial charge in [0.1, 0.15) is 17.1 Å². The van der Waals surface area contributed by atoms with E-state index >= 15 is 0 Å². The predicted octanol–water partition coefficient (Wildman–Crippen LogP) is 1.53. The topological polar surface area (TPSA) is 50.8 Å². The van der Waals surface area contributed by atoms with E-state index in [0.717, 1.165) is 0 Å². The monoisotopic (exact) mass is 278 g/mol. The smallest absolute Gasteiger partial charge is 0.261 e. The first-order valence-corrected chi connectivity index (χ1v) is 6.83. The fraction of sp³-hybridized carbons (Fsp3) is 0.533. The third-order valence-electron chi connectivity index (χ3n) is 3.49. The summed E-state index contributed by atoms with van der Waals surface area (Å²) in [5.41, 5.74) is 0.499. The third kappa shape index (κ3) is 2.88. The highest BCUT2D eigenvalue weighted by Gasteiger charge is 2.29. The highest BCUT2D eigenvalue weighted by Crippen LogP contribution is 2.30. The normalized spacial score (nSPS) is 22.5. The van der Waals surface area contributed by atoms with Gasteiger partial charge in [0.15, 0.2) is 0 Å². The van der Waals surface area contributed by atoms with Gasteiger partial charge in [-0.2, -0.15) is 0 Å². The molecular formula is C15H22N2O3. The van der Waals surface area contributed by atoms with Crippen molar-refractivity contribution in [2.45, 2.75) is 25.9 Å². The van der Waals surface area contributed by atoms with Crippen molar-refractivity contribution in [3.05, 3.63) is 23.8 Å². The molecule has 1 N–H and O–H groups in total. The molecule has 0 aliphatic carbocycles. The first-order chi connectivity index (χ1) is 9.56. The lowest BCUT2D eigenvalue weighted by Gasteiger charge is -2.36. The van der Waals surface area contributed by atoms with E-state index in [1.54, 1.807) is 26.4 Å². The van der Waals surface area contributed by atoms with Gasteiger partial charge in [0.25, 0.3) is 5.91 Å². The molecule has 0 aromatic heterocycles. The minimum atomic E-state index is -0.0421. The number of rotatable bonds is 3. The zero-order valence-corrected chi connectivity index (χ0v) is 12.5. The van der Waals surface area contributed by atoms with E-state index in [2.05, 4.69) is 19.2 Å². The Bertz CT molecular complexity index is 458. The zero-order chi connectivity index (χ0) is 14.7. The van der Waals surface area contributed by atoms with Gasteiger partial charge < -0.3 is 19.7 Å². The molecule has 110 valence electrons. The van der Waals surface area contributed by atoms with Crippen LogP contribution in [0.25, 0.3) is 0 Å². The Kier molecular flexibility index (Phi) is 4.49. The van der Waals surface area contributed by atoms with Gasteiger partial charge in [-0.05, 0) is 26.0 Å². The zero-order valence-electron chi connectivity index (χ0n) is 12.5. The average molecular weight is 278 g/mol. The summed E-state index contributed by atoms with van der Waals surface area (Å²) in [6.07, 6.45) is 0. The van der Waals surface area contributed by atoms with E-state index < -0.39 is 0 Å². The fourth-order valence-electron chi connectivity index (χ4n) is 2.71. The lowest BCUT2D eigenvalue weighted by molar-refractivity contribution is 0.0667. The largest absolute Gasteiger partial charge is 0.496 e. The van der Waals surface area contributed by atoms with E-state index in [4.69, 9.17) is 9.47 Å². The molecule has 1 aromatic carbocycles. The van der Waals surface area contributed by atoms with Crippen molar-refractivity contribution in [1.82, 2.24) is 10.2 Å². The molecule has 2 unspecified atom stereocenters. The maximum atomic E-state index is 12.8. The Labute approximate surface area is 119 Å². The number of nitrogens with zero attached hydrogens (tertiary/aromatic N) is 1. The number of hydrogen-bond donors (Lipinski definition) is 1. The first kappa shape index (κ1) is 14.7. The van der Waals surface area contributed by atoms with E-state index in [0.29, 0.717) is 30.2 Å². The fourth-order valence-corrected chi connectivity index (χ4v) is 2.71. The number of carbonyl (C=O) groups is 1. The quantitative estimate of drug-likeness (QED) is 0.911. The molecule has 20 heavy (non-hydrogen) atoms. The molecule has 1 aliphatic heterocycles. The maximum absolute atomic E-state index is 12.8. The lowest BCUT2D eigenvalue weighted by Crippen LogP contribution is -2.55. The standard InChI is InChI=1S/C15H22N2O3/c1-10-8-17(9-11(2)16-10)15(18)14-12(19-3)6-5-7-13(14)20-4/h5-7,10-11,16H,8-9H2,1-4H3. The van der Waals surface area contributed by atoms with Crippen molar-refractivity contribution in [2.75, 3.05) is 27.3 Å². The summed E-state index contributed by atoms with van der Waals surface area (Å²) in [5.74, 6) is 1.06. The van der Waals surface area contributed by atoms with Crippen molar-refractivity contribution < 1.29 is 14.3 Å². The number of benzene rings is 1. The van der Waals surface area contributed by atoms with Gasteiger partial charge in [-0.3, -0.25) is 4.79 Å². The molecule has 2 rings (SSSR count). The maximum Gasteiger partial charge on any atom is 0.261 e. The SMILES string of the molecule is COc1cccc(OC)c1C(=O)N1CC(C)NC(C)C1. The molecule has 0 spiro atoms. The van der Waals surface area contributed by atoms with Gasteiger partial charge in [-0.1, -0.05) is 6.07 Å². The summed E-state index contributed by atoms with van der Waals surface area (Å²) in [6, 6.07) is 5.94. The number of methoxy groups -OCH3 is 2. The van der Waals surface area contributed by atoms with Crippen molar-refractivity contribution in [3.8, 4) is 11.5 Å². The molecular weight excluding hydrogens is 256 g/mol. The van der Waals surface area contributed by atoms with E-state index in [1.807, 2.05) is 11.0 Å². The second kappa shape index (κ2) is 6.13. The van der Waals surface area contributed by atoms with Crippen LogP contribution in [-0.4, -0.2) is 50.2 Å². The minimum absolute atomic E-state index is 0.0421. The molecule has 1 aromatic rings. The number of ether oxygens (including phenoxy) is 2. The highest BCUT2D eigenvalue weighted by molar-refractivity contribution is 5.99. The Morgan fingerprint density at radius 1 is 1.15 bits per heavy atom. The number of nitrogens with one attached hydrogen (secondary N) is 1. The van der Waals surface area contributed by atoms with Gasteiger partial charge in [0.2, 0.25) is 0 Å². The highest BCUT2D eigenvalue weighted by atomic mass is 16.5. The molecule has 0 radical (unpaired) electrons. The molecule has 0 saturated carbocycles. The van der Waals surface area contributed by atoms with Crippen LogP contribution in [-0.2, 0) is 0 Å². The van der Waals surface area contributed by atoms with Crippen LogP contribution < -0.4 is 14.8 Å². The molecule has 2 atom stereocenters. The van der Waals surface area contributed by atoms with Gasteiger partial charge in [-0.15, -0.1) is 0 Å². The molecule has 1 amide bonds. The number of carbonyl (C=O) groups excluding carboxylic acids is 1. The summed E-state index contributed by atoms with van der Waals surface area (Å²) in [6.45, 7) is 5.53. The molecule has 1 fully saturated rings. The van der Waals surface area contributed by atoms with Gasteiger partial charge in [-0.25, -0.2) is 0 Å². The molecule has 1 saturated heterocycles. The number of piperazine rings is 1. The Morgan fingerprint density at radius 2 is 1.65 bits per heavy atom. The van der Waals surface area contributed by atoms with Crippen molar-refractivity contribution >= 4 is 5.91 Å². The van der Waals surface area contributed by atoms with Crippen LogP contribution in [0.1, 0.15) is 24.2 Å². The molecule has 5 nitrogen and oxygen atoms in total. The van der Waals surface area contributed by atoms with E-state index in [9.17, 15) is 4.79 Å². The van der Waals surface area contributed by atoms with Gasteiger partial charge >= 0.3 is 0 Å². The number of hydrogen-bond acceptors (Lipinski definition) is 4. The van der Waals surface area contributed by atoms with Crippen LogP contribution in [0.5, 0.6) is 11.5 Å². The summed E-state index contributed by atoms with van der Waals surface area (Å²) in [7, 11) is 3.13. The summed E-state index contributed by atoms with van der Waals surface area (Å²) >= 11 is 0. The van der Waals surface area contributed by atoms with Crippen LogP contribution in [0.3, 0.4) is 0 Å². The van der Waals surface area contributed by atoms with Gasteiger partial charge in [0, 0.05) is 25.2 Å². The Morgan fingerprint density at radius 3 is 2.10 bits per heavy atom. The number of amides is 1. The van der Waals surface area contributed by atoms with Crippen LogP contribution in [0.2, 0.25) is 0 Å². The lowest BCUT2D eigenvalue weighted by atomic mass is 10.1. The molecule has 0 bridgehead atoms. The summed E-state index contributed by atoms with van der Waals surface area (Å²) in [5, 5.41) is 3.42. The van der Waals surface area contributed by atoms with E-state index in [1.165, 1.54) is 0 Å². The van der Waals surface area contributed by atoms with Crippen LogP contribution >= 0.6 is 0 Å². The first-order valence-electron chi connectivity index (χ1n) is 6.83. The van der Waals surface area contributed by atoms with E-state index in [-0.39, 0.29) is 18.0 Å². The average Bonchev–Trinajstić information content (AvgIpc) is 2.44. The Balaban J connectivity index is 2.32. The van der Waals surface area contributed by atoms with Crippen molar-refractivity contribution in [3.63, 3.8) is 0 Å². The third-order valence-corrected chi connectivity index (χ3v) is 3.49. The van der Waals surface area contributed by atoms with Crippen molar-refractivity contribution in [2.24, 2.45) is 0 Å². The van der Waals surface area contributed by atoms with Crippen LogP contribution in [0, 0.1) is 0 Å². The second-order valence-corrected chi connectivity index (χ2v) is 5.22. The summed E-state index contributed by atoms with van der Waals surface area (Å²) in [4.78, 5) is 14.6. The second-order valence-electron chi connectivity index (χ2n) is 5.22. The van der Waals surface area contributed by atoms with Gasteiger partial charge in [0.05, 0.1) is 14.2 Å².